The van der Waals surface area contributed by atoms with Crippen molar-refractivity contribution in [3.05, 3.63) is 35.9 Å². The minimum absolute atomic E-state index is 0.0291. The summed E-state index contributed by atoms with van der Waals surface area (Å²) < 4.78 is 5.13. The van der Waals surface area contributed by atoms with Crippen LogP contribution in [0.2, 0.25) is 0 Å². The Balaban J connectivity index is 2.04. The van der Waals surface area contributed by atoms with Gasteiger partial charge in [0.05, 0.1) is 7.11 Å². The molecule has 114 valence electrons. The van der Waals surface area contributed by atoms with Crippen molar-refractivity contribution in [1.82, 2.24) is 4.90 Å². The van der Waals surface area contributed by atoms with Crippen LogP contribution in [0.15, 0.2) is 30.3 Å². The van der Waals surface area contributed by atoms with E-state index < -0.39 is 0 Å². The van der Waals surface area contributed by atoms with Gasteiger partial charge in [0.2, 0.25) is 5.91 Å². The molecule has 1 fully saturated rings. The van der Waals surface area contributed by atoms with E-state index in [-0.39, 0.29) is 18.4 Å². The monoisotopic (exact) mass is 289 g/mol. The smallest absolute Gasteiger partial charge is 0.246 e. The van der Waals surface area contributed by atoms with Gasteiger partial charge in [-0.25, -0.2) is 0 Å². The summed E-state index contributed by atoms with van der Waals surface area (Å²) in [4.78, 5) is 14.1. The van der Waals surface area contributed by atoms with E-state index in [4.69, 9.17) is 4.74 Å². The Labute approximate surface area is 126 Å². The molecule has 1 aliphatic heterocycles. The quantitative estimate of drug-likeness (QED) is 0.866. The zero-order chi connectivity index (χ0) is 15.2. The van der Waals surface area contributed by atoms with Crippen LogP contribution in [0.4, 0.5) is 0 Å². The Bertz CT molecular complexity index is 507. The summed E-state index contributed by atoms with van der Waals surface area (Å²) in [5, 5.41) is 9.23. The van der Waals surface area contributed by atoms with Crippen molar-refractivity contribution < 1.29 is 14.6 Å². The lowest BCUT2D eigenvalue weighted by molar-refractivity contribution is -0.128. The molecule has 0 aromatic heterocycles. The number of hydrogen-bond acceptors (Lipinski definition) is 3. The molecule has 0 saturated carbocycles. The van der Waals surface area contributed by atoms with Crippen molar-refractivity contribution in [2.75, 3.05) is 26.8 Å². The molecule has 4 heteroatoms. The van der Waals surface area contributed by atoms with Gasteiger partial charge in [-0.3, -0.25) is 4.79 Å². The zero-order valence-corrected chi connectivity index (χ0v) is 12.7. The lowest BCUT2D eigenvalue weighted by Crippen LogP contribution is -2.40. The molecule has 1 aromatic rings. The predicted octanol–water partition coefficient (Wildman–Crippen LogP) is 2.33. The van der Waals surface area contributed by atoms with E-state index in [2.05, 4.69) is 0 Å². The van der Waals surface area contributed by atoms with Gasteiger partial charge in [0.25, 0.3) is 0 Å². The summed E-state index contributed by atoms with van der Waals surface area (Å²) >= 11 is 0. The van der Waals surface area contributed by atoms with Crippen LogP contribution in [0.5, 0.6) is 5.75 Å². The van der Waals surface area contributed by atoms with Gasteiger partial charge in [0.15, 0.2) is 0 Å². The van der Waals surface area contributed by atoms with Crippen LogP contribution in [0, 0.1) is 5.92 Å². The van der Waals surface area contributed by atoms with E-state index in [0.717, 1.165) is 36.3 Å². The van der Waals surface area contributed by atoms with Crippen LogP contribution in [-0.2, 0) is 4.79 Å². The molecule has 0 spiro atoms. The first-order valence-electron chi connectivity index (χ1n) is 7.36. The van der Waals surface area contributed by atoms with Crippen molar-refractivity contribution in [2.24, 2.45) is 5.92 Å². The lowest BCUT2D eigenvalue weighted by atomic mass is 9.98. The van der Waals surface area contributed by atoms with Crippen LogP contribution in [0.3, 0.4) is 0 Å². The van der Waals surface area contributed by atoms with Crippen molar-refractivity contribution in [3.63, 3.8) is 0 Å². The van der Waals surface area contributed by atoms with Gasteiger partial charge in [0.1, 0.15) is 5.75 Å². The zero-order valence-electron chi connectivity index (χ0n) is 12.7. The third-order valence-corrected chi connectivity index (χ3v) is 3.97. The molecule has 2 rings (SSSR count). The van der Waals surface area contributed by atoms with Gasteiger partial charge < -0.3 is 14.7 Å². The largest absolute Gasteiger partial charge is 0.497 e. The number of aliphatic hydroxyl groups excluding tert-OH is 1. The molecule has 21 heavy (non-hydrogen) atoms. The minimum Gasteiger partial charge on any atom is -0.497 e. The Kier molecular flexibility index (Phi) is 5.39. The summed E-state index contributed by atoms with van der Waals surface area (Å²) in [5.74, 6) is 1.05. The summed E-state index contributed by atoms with van der Waals surface area (Å²) in [6, 6.07) is 7.68. The van der Waals surface area contributed by atoms with Gasteiger partial charge in [-0.15, -0.1) is 0 Å². The van der Waals surface area contributed by atoms with Crippen LogP contribution < -0.4 is 4.74 Å². The number of hydrogen-bond donors (Lipinski definition) is 1. The minimum atomic E-state index is 0.0291. The first-order chi connectivity index (χ1) is 10.1. The fourth-order valence-electron chi connectivity index (χ4n) is 2.63. The molecule has 1 amide bonds. The molecule has 4 nitrogen and oxygen atoms in total. The highest BCUT2D eigenvalue weighted by molar-refractivity contribution is 5.94. The van der Waals surface area contributed by atoms with E-state index in [9.17, 15) is 9.90 Å². The molecular formula is C17H23NO3. The Morgan fingerprint density at radius 3 is 2.76 bits per heavy atom. The maximum atomic E-state index is 12.3. The van der Waals surface area contributed by atoms with E-state index in [1.807, 2.05) is 36.1 Å². The number of methoxy groups -OCH3 is 1. The van der Waals surface area contributed by atoms with Crippen molar-refractivity contribution in [1.29, 1.82) is 0 Å². The second kappa shape index (κ2) is 7.27. The molecule has 0 bridgehead atoms. The number of allylic oxidation sites excluding steroid dienone is 1. The van der Waals surface area contributed by atoms with E-state index >= 15 is 0 Å². The number of carbonyl (C=O) groups is 1. The average molecular weight is 289 g/mol. The van der Waals surface area contributed by atoms with Crippen molar-refractivity contribution in [3.8, 4) is 5.75 Å². The topological polar surface area (TPSA) is 49.8 Å². The number of rotatable bonds is 4. The number of nitrogens with zero attached hydrogens (tertiary/aromatic N) is 1. The number of likely N-dealkylation sites (tertiary alicyclic amines) is 1. The number of amides is 1. The van der Waals surface area contributed by atoms with Gasteiger partial charge >= 0.3 is 0 Å². The first kappa shape index (κ1) is 15.6. The third kappa shape index (κ3) is 4.08. The van der Waals surface area contributed by atoms with Gasteiger partial charge in [0, 0.05) is 25.8 Å². The molecule has 1 heterocycles. The predicted molar refractivity (Wildman–Crippen MR) is 83.0 cm³/mol. The molecule has 1 N–H and O–H groups in total. The molecule has 1 aromatic carbocycles. The molecule has 1 saturated heterocycles. The second-order valence-corrected chi connectivity index (χ2v) is 5.53. The average Bonchev–Trinajstić information content (AvgIpc) is 2.54. The molecule has 1 unspecified atom stereocenters. The molecule has 1 atom stereocenters. The van der Waals surface area contributed by atoms with E-state index in [1.165, 1.54) is 0 Å². The number of ether oxygens (including phenoxy) is 1. The van der Waals surface area contributed by atoms with Gasteiger partial charge in [-0.05, 0) is 49.0 Å². The van der Waals surface area contributed by atoms with Crippen LogP contribution in [0.1, 0.15) is 25.3 Å². The van der Waals surface area contributed by atoms with Crippen molar-refractivity contribution in [2.45, 2.75) is 19.8 Å². The normalized spacial score (nSPS) is 19.5. The maximum Gasteiger partial charge on any atom is 0.246 e. The number of piperidine rings is 1. The summed E-state index contributed by atoms with van der Waals surface area (Å²) in [6.07, 6.45) is 3.65. The number of benzene rings is 1. The lowest BCUT2D eigenvalue weighted by Gasteiger charge is -2.31. The summed E-state index contributed by atoms with van der Waals surface area (Å²) in [7, 11) is 1.63. The van der Waals surface area contributed by atoms with Crippen LogP contribution in [0.25, 0.3) is 5.57 Å². The molecule has 1 aliphatic rings. The van der Waals surface area contributed by atoms with Crippen LogP contribution in [-0.4, -0.2) is 42.7 Å². The SMILES string of the molecule is COc1ccc(/C(C)=C/C(=O)N2CCCC(CO)C2)cc1. The van der Waals surface area contributed by atoms with Crippen LogP contribution >= 0.6 is 0 Å². The fraction of sp³-hybridized carbons (Fsp3) is 0.471. The summed E-state index contributed by atoms with van der Waals surface area (Å²) in [6.45, 7) is 3.53. The molecule has 0 radical (unpaired) electrons. The van der Waals surface area contributed by atoms with E-state index in [0.29, 0.717) is 6.54 Å². The third-order valence-electron chi connectivity index (χ3n) is 3.97. The summed E-state index contributed by atoms with van der Waals surface area (Å²) in [5.41, 5.74) is 1.95. The Morgan fingerprint density at radius 1 is 1.43 bits per heavy atom. The first-order valence-corrected chi connectivity index (χ1v) is 7.36. The number of aliphatic hydroxyl groups is 1. The molecular weight excluding hydrogens is 266 g/mol. The fourth-order valence-corrected chi connectivity index (χ4v) is 2.63. The van der Waals surface area contributed by atoms with E-state index in [1.54, 1.807) is 13.2 Å². The number of carbonyl (C=O) groups excluding carboxylic acids is 1. The maximum absolute atomic E-state index is 12.3. The van der Waals surface area contributed by atoms with Crippen molar-refractivity contribution >= 4 is 11.5 Å². The Hall–Kier alpha value is -1.81. The van der Waals surface area contributed by atoms with Gasteiger partial charge in [-0.2, -0.15) is 0 Å². The highest BCUT2D eigenvalue weighted by Gasteiger charge is 2.21. The Morgan fingerprint density at radius 2 is 2.14 bits per heavy atom. The second-order valence-electron chi connectivity index (χ2n) is 5.53. The standard InChI is InChI=1S/C17H23NO3/c1-13(15-5-7-16(21-2)8-6-15)10-17(20)18-9-3-4-14(11-18)12-19/h5-8,10,14,19H,3-4,9,11-12H2,1-2H3/b13-10+. The highest BCUT2D eigenvalue weighted by Crippen LogP contribution is 2.20. The van der Waals surface area contributed by atoms with Gasteiger partial charge in [-0.1, -0.05) is 12.1 Å². The molecule has 0 aliphatic carbocycles. The highest BCUT2D eigenvalue weighted by atomic mass is 16.5.